The van der Waals surface area contributed by atoms with Gasteiger partial charge in [-0.25, -0.2) is 4.68 Å². The van der Waals surface area contributed by atoms with Crippen LogP contribution < -0.4 is 5.32 Å². The number of nitrogens with zero attached hydrogens (tertiary/aromatic N) is 4. The van der Waals surface area contributed by atoms with Crippen LogP contribution in [0.2, 0.25) is 5.02 Å². The molecule has 7 nitrogen and oxygen atoms in total. The molecule has 1 aromatic carbocycles. The van der Waals surface area contributed by atoms with Crippen LogP contribution in [0.4, 0.5) is 5.69 Å². The van der Waals surface area contributed by atoms with Gasteiger partial charge in [0.15, 0.2) is 0 Å². The molecule has 0 saturated heterocycles. The molecule has 0 spiro atoms. The Balaban J connectivity index is 2.19. The minimum atomic E-state index is -0.521. The minimum absolute atomic E-state index is 0.101. The lowest BCUT2D eigenvalue weighted by atomic mass is 10.3. The largest absolute Gasteiger partial charge is 0.311 e. The molecule has 0 aliphatic carbocycles. The van der Waals surface area contributed by atoms with Crippen molar-refractivity contribution in [2.75, 3.05) is 6.54 Å². The molecule has 0 amide bonds. The molecule has 0 radical (unpaired) electrons. The van der Waals surface area contributed by atoms with Gasteiger partial charge in [-0.05, 0) is 25.1 Å². The molecule has 0 atom stereocenters. The number of hydrogen-bond donors (Lipinski definition) is 1. The first-order valence-corrected chi connectivity index (χ1v) is 6.56. The molecular formula is C12H14ClN5O2. The monoisotopic (exact) mass is 295 g/mol. The van der Waals surface area contributed by atoms with Gasteiger partial charge in [-0.1, -0.05) is 23.7 Å². The maximum Gasteiger partial charge on any atom is 0.290 e. The molecule has 0 bridgehead atoms. The maximum atomic E-state index is 10.9. The molecule has 1 heterocycles. The average molecular weight is 296 g/mol. The highest BCUT2D eigenvalue weighted by Crippen LogP contribution is 2.26. The second-order valence-electron chi connectivity index (χ2n) is 4.22. The molecule has 2 aromatic rings. The van der Waals surface area contributed by atoms with E-state index in [0.717, 1.165) is 18.7 Å². The molecule has 106 valence electrons. The number of benzene rings is 1. The van der Waals surface area contributed by atoms with E-state index in [0.29, 0.717) is 12.2 Å². The van der Waals surface area contributed by atoms with Gasteiger partial charge in [-0.15, -0.1) is 5.10 Å². The summed E-state index contributed by atoms with van der Waals surface area (Å²) in [5.41, 5.74) is 1.18. The Morgan fingerprint density at radius 2 is 2.30 bits per heavy atom. The van der Waals surface area contributed by atoms with E-state index in [9.17, 15) is 10.1 Å². The van der Waals surface area contributed by atoms with Crippen LogP contribution >= 0.6 is 11.6 Å². The molecule has 0 saturated carbocycles. The van der Waals surface area contributed by atoms with Crippen LogP contribution in [0.3, 0.4) is 0 Å². The van der Waals surface area contributed by atoms with Crippen LogP contribution in [0, 0.1) is 10.1 Å². The Hall–Kier alpha value is -1.99. The lowest BCUT2D eigenvalue weighted by Gasteiger charge is -2.01. The van der Waals surface area contributed by atoms with Crippen molar-refractivity contribution in [1.82, 2.24) is 20.3 Å². The van der Waals surface area contributed by atoms with E-state index in [4.69, 9.17) is 11.6 Å². The Morgan fingerprint density at radius 1 is 1.50 bits per heavy atom. The van der Waals surface area contributed by atoms with Crippen LogP contribution in [0.1, 0.15) is 19.0 Å². The van der Waals surface area contributed by atoms with E-state index < -0.39 is 4.92 Å². The third-order valence-electron chi connectivity index (χ3n) is 2.66. The van der Waals surface area contributed by atoms with Gasteiger partial charge in [0.2, 0.25) is 0 Å². The van der Waals surface area contributed by atoms with E-state index in [1.54, 1.807) is 12.3 Å². The molecule has 0 unspecified atom stereocenters. The van der Waals surface area contributed by atoms with E-state index in [1.165, 1.54) is 16.8 Å². The molecule has 8 heteroatoms. The van der Waals surface area contributed by atoms with Crippen molar-refractivity contribution in [1.29, 1.82) is 0 Å². The van der Waals surface area contributed by atoms with Crippen LogP contribution in [0.25, 0.3) is 5.69 Å². The van der Waals surface area contributed by atoms with Crippen molar-refractivity contribution in [3.05, 3.63) is 45.2 Å². The summed E-state index contributed by atoms with van der Waals surface area (Å²) in [6.45, 7) is 3.60. The Morgan fingerprint density at radius 3 is 3.00 bits per heavy atom. The summed E-state index contributed by atoms with van der Waals surface area (Å²) < 4.78 is 1.49. The third kappa shape index (κ3) is 3.31. The molecule has 2 rings (SSSR count). The summed E-state index contributed by atoms with van der Waals surface area (Å²) in [6.07, 6.45) is 2.77. The predicted molar refractivity (Wildman–Crippen MR) is 75.0 cm³/mol. The van der Waals surface area contributed by atoms with Gasteiger partial charge >= 0.3 is 0 Å². The molecule has 1 N–H and O–H groups in total. The highest BCUT2D eigenvalue weighted by molar-refractivity contribution is 6.32. The second kappa shape index (κ2) is 6.44. The number of nitro groups is 1. The van der Waals surface area contributed by atoms with Crippen molar-refractivity contribution in [3.63, 3.8) is 0 Å². The number of nitro benzene ring substituents is 1. The van der Waals surface area contributed by atoms with Gasteiger partial charge in [0.1, 0.15) is 5.02 Å². The fourth-order valence-corrected chi connectivity index (χ4v) is 1.87. The topological polar surface area (TPSA) is 85.9 Å². The summed E-state index contributed by atoms with van der Waals surface area (Å²) in [7, 11) is 0. The number of nitrogens with one attached hydrogen (secondary N) is 1. The lowest BCUT2D eigenvalue weighted by molar-refractivity contribution is -0.384. The average Bonchev–Trinajstić information content (AvgIpc) is 2.88. The van der Waals surface area contributed by atoms with Gasteiger partial charge in [0, 0.05) is 12.6 Å². The Labute approximate surface area is 120 Å². The van der Waals surface area contributed by atoms with Gasteiger partial charge in [0.25, 0.3) is 5.69 Å². The number of rotatable bonds is 6. The molecular weight excluding hydrogens is 282 g/mol. The van der Waals surface area contributed by atoms with Crippen molar-refractivity contribution in [3.8, 4) is 5.69 Å². The highest BCUT2D eigenvalue weighted by atomic mass is 35.5. The van der Waals surface area contributed by atoms with Crippen LogP contribution in [0.5, 0.6) is 0 Å². The smallest absolute Gasteiger partial charge is 0.290 e. The normalized spacial score (nSPS) is 10.7. The minimum Gasteiger partial charge on any atom is -0.311 e. The highest BCUT2D eigenvalue weighted by Gasteiger charge is 2.14. The second-order valence-corrected chi connectivity index (χ2v) is 4.63. The van der Waals surface area contributed by atoms with E-state index >= 15 is 0 Å². The van der Waals surface area contributed by atoms with Crippen molar-refractivity contribution in [2.45, 2.75) is 19.9 Å². The number of hydrogen-bond acceptors (Lipinski definition) is 5. The van der Waals surface area contributed by atoms with Crippen molar-refractivity contribution < 1.29 is 4.92 Å². The summed E-state index contributed by atoms with van der Waals surface area (Å²) in [5, 5.41) is 22.1. The van der Waals surface area contributed by atoms with Crippen molar-refractivity contribution in [2.24, 2.45) is 0 Å². The van der Waals surface area contributed by atoms with Crippen LogP contribution in [-0.2, 0) is 6.54 Å². The first-order valence-electron chi connectivity index (χ1n) is 6.18. The van der Waals surface area contributed by atoms with Gasteiger partial charge in [0.05, 0.1) is 22.5 Å². The van der Waals surface area contributed by atoms with E-state index in [-0.39, 0.29) is 10.7 Å². The standard InChI is InChI=1S/C12H14ClN5O2/c1-2-5-14-7-9-8-17(16-15-9)10-3-4-11(13)12(6-10)18(19)20/h3-4,6,8,14H,2,5,7H2,1H3. The molecule has 0 aliphatic heterocycles. The lowest BCUT2D eigenvalue weighted by Crippen LogP contribution is -2.13. The Bertz CT molecular complexity index is 614. The van der Waals surface area contributed by atoms with E-state index in [1.807, 2.05) is 0 Å². The molecule has 20 heavy (non-hydrogen) atoms. The third-order valence-corrected chi connectivity index (χ3v) is 2.98. The fraction of sp³-hybridized carbons (Fsp3) is 0.333. The molecule has 0 fully saturated rings. The maximum absolute atomic E-state index is 10.9. The quantitative estimate of drug-likeness (QED) is 0.502. The van der Waals surface area contributed by atoms with Gasteiger partial charge in [-0.2, -0.15) is 0 Å². The summed E-state index contributed by atoms with van der Waals surface area (Å²) in [5.74, 6) is 0. The zero-order valence-electron chi connectivity index (χ0n) is 10.9. The van der Waals surface area contributed by atoms with Crippen LogP contribution in [0.15, 0.2) is 24.4 Å². The number of halogens is 1. The first-order chi connectivity index (χ1) is 9.61. The van der Waals surface area contributed by atoms with Gasteiger partial charge in [-0.3, -0.25) is 10.1 Å². The predicted octanol–water partition coefficient (Wildman–Crippen LogP) is 2.33. The Kier molecular flexibility index (Phi) is 4.65. The zero-order chi connectivity index (χ0) is 14.5. The fourth-order valence-electron chi connectivity index (χ4n) is 1.68. The van der Waals surface area contributed by atoms with Crippen molar-refractivity contribution >= 4 is 17.3 Å². The first kappa shape index (κ1) is 14.4. The summed E-state index contributed by atoms with van der Waals surface area (Å²) >= 11 is 5.77. The molecule has 0 aliphatic rings. The SMILES string of the molecule is CCCNCc1cn(-c2ccc(Cl)c([N+](=O)[O-])c2)nn1. The number of aromatic nitrogens is 3. The zero-order valence-corrected chi connectivity index (χ0v) is 11.7. The van der Waals surface area contributed by atoms with Gasteiger partial charge < -0.3 is 5.32 Å². The molecule has 1 aromatic heterocycles. The van der Waals surface area contributed by atoms with Crippen LogP contribution in [-0.4, -0.2) is 26.5 Å². The summed E-state index contributed by atoms with van der Waals surface area (Å²) in [4.78, 5) is 10.3. The summed E-state index contributed by atoms with van der Waals surface area (Å²) in [6, 6.07) is 4.51. The van der Waals surface area contributed by atoms with E-state index in [2.05, 4.69) is 22.6 Å².